The first-order valence-corrected chi connectivity index (χ1v) is 9.39. The lowest BCUT2D eigenvalue weighted by Gasteiger charge is -2.30. The van der Waals surface area contributed by atoms with Crippen LogP contribution in [0.2, 0.25) is 0 Å². The topological polar surface area (TPSA) is 60.2 Å². The number of thioether (sulfide) groups is 1. The standard InChI is InChI=1S/C18H24N4O2S/c1-13-5-7-14(8-6-13)25-12-16-20-19-15-11-21(9-10-22(15)16)17(23)24-18(2,3)4/h5-8H,9-12H2,1-4H3. The van der Waals surface area contributed by atoms with Crippen LogP contribution >= 0.6 is 11.8 Å². The molecule has 3 rings (SSSR count). The molecule has 0 N–H and O–H groups in total. The Morgan fingerprint density at radius 2 is 1.92 bits per heavy atom. The van der Waals surface area contributed by atoms with Crippen LogP contribution in [-0.4, -0.2) is 37.9 Å². The molecule has 6 nitrogen and oxygen atoms in total. The molecule has 2 aromatic rings. The lowest BCUT2D eigenvalue weighted by atomic mass is 10.2. The second-order valence-corrected chi connectivity index (χ2v) is 8.24. The number of carbonyl (C=O) groups excluding carboxylic acids is 1. The second-order valence-electron chi connectivity index (χ2n) is 7.19. The number of hydrogen-bond donors (Lipinski definition) is 0. The van der Waals surface area contributed by atoms with Crippen LogP contribution in [0, 0.1) is 6.92 Å². The van der Waals surface area contributed by atoms with Crippen molar-refractivity contribution in [3.63, 3.8) is 0 Å². The fourth-order valence-corrected chi connectivity index (χ4v) is 3.43. The Morgan fingerprint density at radius 3 is 2.60 bits per heavy atom. The predicted molar refractivity (Wildman–Crippen MR) is 97.4 cm³/mol. The Labute approximate surface area is 152 Å². The van der Waals surface area contributed by atoms with Gasteiger partial charge in [0.1, 0.15) is 11.4 Å². The van der Waals surface area contributed by atoms with Crippen molar-refractivity contribution in [1.29, 1.82) is 0 Å². The van der Waals surface area contributed by atoms with E-state index in [2.05, 4.69) is 46.0 Å². The minimum Gasteiger partial charge on any atom is -0.444 e. The van der Waals surface area contributed by atoms with Crippen LogP contribution in [0.25, 0.3) is 0 Å². The normalized spacial score (nSPS) is 14.3. The Bertz CT molecular complexity index is 749. The highest BCUT2D eigenvalue weighted by molar-refractivity contribution is 7.98. The number of aryl methyl sites for hydroxylation is 1. The van der Waals surface area contributed by atoms with Crippen molar-refractivity contribution in [3.05, 3.63) is 41.5 Å². The molecule has 2 heterocycles. The molecule has 0 unspecified atom stereocenters. The van der Waals surface area contributed by atoms with Gasteiger partial charge in [-0.15, -0.1) is 22.0 Å². The lowest BCUT2D eigenvalue weighted by molar-refractivity contribution is 0.0194. The van der Waals surface area contributed by atoms with Crippen molar-refractivity contribution in [1.82, 2.24) is 19.7 Å². The molecule has 1 aromatic carbocycles. The predicted octanol–water partition coefficient (Wildman–Crippen LogP) is 3.63. The molecule has 0 radical (unpaired) electrons. The van der Waals surface area contributed by atoms with Gasteiger partial charge in [0.15, 0.2) is 5.82 Å². The first kappa shape index (κ1) is 17.8. The summed E-state index contributed by atoms with van der Waals surface area (Å²) in [5.74, 6) is 2.53. The largest absolute Gasteiger partial charge is 0.444 e. The zero-order valence-electron chi connectivity index (χ0n) is 15.2. The van der Waals surface area contributed by atoms with E-state index in [9.17, 15) is 4.79 Å². The Kier molecular flexibility index (Phi) is 5.03. The van der Waals surface area contributed by atoms with Crippen molar-refractivity contribution in [2.75, 3.05) is 6.54 Å². The molecule has 1 amide bonds. The molecule has 7 heteroatoms. The van der Waals surface area contributed by atoms with Crippen LogP contribution in [0.5, 0.6) is 0 Å². The van der Waals surface area contributed by atoms with E-state index in [-0.39, 0.29) is 6.09 Å². The summed E-state index contributed by atoms with van der Waals surface area (Å²) in [5, 5.41) is 8.57. The van der Waals surface area contributed by atoms with Crippen molar-refractivity contribution < 1.29 is 9.53 Å². The molecule has 0 saturated heterocycles. The van der Waals surface area contributed by atoms with E-state index >= 15 is 0 Å². The maximum Gasteiger partial charge on any atom is 0.410 e. The van der Waals surface area contributed by atoms with Crippen LogP contribution in [0.4, 0.5) is 4.79 Å². The third kappa shape index (κ3) is 4.54. The summed E-state index contributed by atoms with van der Waals surface area (Å²) in [6, 6.07) is 8.47. The average molecular weight is 360 g/mol. The van der Waals surface area contributed by atoms with Gasteiger partial charge in [0, 0.05) is 18.0 Å². The summed E-state index contributed by atoms with van der Waals surface area (Å²) in [5.41, 5.74) is 0.768. The number of carbonyl (C=O) groups is 1. The van der Waals surface area contributed by atoms with E-state index in [4.69, 9.17) is 4.74 Å². The van der Waals surface area contributed by atoms with Gasteiger partial charge in [0.05, 0.1) is 12.3 Å². The highest BCUT2D eigenvalue weighted by Gasteiger charge is 2.28. The van der Waals surface area contributed by atoms with Gasteiger partial charge >= 0.3 is 6.09 Å². The molecule has 0 atom stereocenters. The molecule has 0 saturated carbocycles. The van der Waals surface area contributed by atoms with Gasteiger partial charge < -0.3 is 9.30 Å². The highest BCUT2D eigenvalue weighted by Crippen LogP contribution is 2.24. The van der Waals surface area contributed by atoms with E-state index in [1.165, 1.54) is 10.5 Å². The highest BCUT2D eigenvalue weighted by atomic mass is 32.2. The van der Waals surface area contributed by atoms with E-state index < -0.39 is 5.60 Å². The number of aromatic nitrogens is 3. The third-order valence-corrected chi connectivity index (χ3v) is 4.88. The number of rotatable bonds is 3. The first-order valence-electron chi connectivity index (χ1n) is 8.40. The van der Waals surface area contributed by atoms with Crippen molar-refractivity contribution in [2.45, 2.75) is 57.0 Å². The van der Waals surface area contributed by atoms with Crippen LogP contribution in [-0.2, 0) is 23.6 Å². The van der Waals surface area contributed by atoms with Gasteiger partial charge in [0.2, 0.25) is 0 Å². The van der Waals surface area contributed by atoms with Crippen LogP contribution in [0.3, 0.4) is 0 Å². The quantitative estimate of drug-likeness (QED) is 0.782. The van der Waals surface area contributed by atoms with E-state index in [0.29, 0.717) is 19.6 Å². The summed E-state index contributed by atoms with van der Waals surface area (Å²) in [6.45, 7) is 9.46. The van der Waals surface area contributed by atoms with Crippen molar-refractivity contribution >= 4 is 17.9 Å². The van der Waals surface area contributed by atoms with E-state index in [0.717, 1.165) is 17.4 Å². The maximum atomic E-state index is 12.2. The Hall–Kier alpha value is -2.02. The number of ether oxygens (including phenoxy) is 1. The maximum absolute atomic E-state index is 12.2. The summed E-state index contributed by atoms with van der Waals surface area (Å²) in [6.07, 6.45) is -0.294. The number of fused-ring (bicyclic) bond motifs is 1. The lowest BCUT2D eigenvalue weighted by Crippen LogP contribution is -2.41. The van der Waals surface area contributed by atoms with Crippen LogP contribution in [0.15, 0.2) is 29.2 Å². The molecule has 1 aliphatic rings. The third-order valence-electron chi connectivity index (χ3n) is 3.87. The van der Waals surface area contributed by atoms with Gasteiger partial charge in [-0.1, -0.05) is 17.7 Å². The van der Waals surface area contributed by atoms with Gasteiger partial charge in [-0.25, -0.2) is 4.79 Å². The molecule has 0 spiro atoms. The second kappa shape index (κ2) is 7.07. The first-order chi connectivity index (χ1) is 11.8. The SMILES string of the molecule is Cc1ccc(SCc2nnc3n2CCN(C(=O)OC(C)(C)C)C3)cc1. The molecular weight excluding hydrogens is 336 g/mol. The fourth-order valence-electron chi connectivity index (χ4n) is 2.59. The number of nitrogens with zero attached hydrogens (tertiary/aromatic N) is 4. The number of hydrogen-bond acceptors (Lipinski definition) is 5. The summed E-state index contributed by atoms with van der Waals surface area (Å²) in [7, 11) is 0. The van der Waals surface area contributed by atoms with Gasteiger partial charge in [0.25, 0.3) is 0 Å². The summed E-state index contributed by atoms with van der Waals surface area (Å²) < 4.78 is 7.55. The molecule has 0 fully saturated rings. The summed E-state index contributed by atoms with van der Waals surface area (Å²) in [4.78, 5) is 15.1. The Balaban J connectivity index is 1.62. The smallest absolute Gasteiger partial charge is 0.410 e. The molecule has 0 aliphatic carbocycles. The zero-order valence-corrected chi connectivity index (χ0v) is 16.0. The fraction of sp³-hybridized carbons (Fsp3) is 0.500. The van der Waals surface area contributed by atoms with Gasteiger partial charge in [-0.05, 0) is 39.8 Å². The Morgan fingerprint density at radius 1 is 1.20 bits per heavy atom. The zero-order chi connectivity index (χ0) is 18.0. The molecular formula is C18H24N4O2S. The minimum absolute atomic E-state index is 0.294. The van der Waals surface area contributed by atoms with Gasteiger partial charge in [-0.2, -0.15) is 0 Å². The minimum atomic E-state index is -0.488. The van der Waals surface area contributed by atoms with Crippen LogP contribution in [0.1, 0.15) is 38.0 Å². The summed E-state index contributed by atoms with van der Waals surface area (Å²) >= 11 is 1.75. The monoisotopic (exact) mass is 360 g/mol. The molecule has 1 aromatic heterocycles. The molecule has 0 bridgehead atoms. The van der Waals surface area contributed by atoms with Crippen LogP contribution < -0.4 is 0 Å². The van der Waals surface area contributed by atoms with Crippen molar-refractivity contribution in [2.24, 2.45) is 0 Å². The number of benzene rings is 1. The van der Waals surface area contributed by atoms with Crippen molar-refractivity contribution in [3.8, 4) is 0 Å². The average Bonchev–Trinajstić information content (AvgIpc) is 2.95. The molecule has 1 aliphatic heterocycles. The molecule has 134 valence electrons. The molecule has 25 heavy (non-hydrogen) atoms. The van der Waals surface area contributed by atoms with Gasteiger partial charge in [-0.3, -0.25) is 4.90 Å². The number of amides is 1. The van der Waals surface area contributed by atoms with E-state index in [1.54, 1.807) is 16.7 Å². The van der Waals surface area contributed by atoms with E-state index in [1.807, 2.05) is 20.8 Å².